The monoisotopic (exact) mass is 562 g/mol. The number of sulfone groups is 1. The summed E-state index contributed by atoms with van der Waals surface area (Å²) in [4.78, 5) is 28.4. The van der Waals surface area contributed by atoms with Gasteiger partial charge in [0.2, 0.25) is 5.88 Å². The number of benzene rings is 2. The summed E-state index contributed by atoms with van der Waals surface area (Å²) in [6.45, 7) is 3.29. The number of nitro benzene ring substituents is 1. The van der Waals surface area contributed by atoms with E-state index >= 15 is 0 Å². The minimum absolute atomic E-state index is 0.00768. The number of oxime groups is 1. The molecule has 0 atom stereocenters. The van der Waals surface area contributed by atoms with Crippen molar-refractivity contribution in [2.45, 2.75) is 36.6 Å². The summed E-state index contributed by atoms with van der Waals surface area (Å²) in [6, 6.07) is 7.27. The van der Waals surface area contributed by atoms with Crippen molar-refractivity contribution in [3.63, 3.8) is 0 Å². The number of para-hydroxylation sites is 1. The van der Waals surface area contributed by atoms with E-state index in [-0.39, 0.29) is 40.3 Å². The van der Waals surface area contributed by atoms with Gasteiger partial charge in [0, 0.05) is 30.2 Å². The minimum Gasteiger partial charge on any atom is -0.399 e. The Morgan fingerprint density at radius 1 is 1.21 bits per heavy atom. The normalized spacial score (nSPS) is 15.6. The van der Waals surface area contributed by atoms with Crippen LogP contribution in [0.3, 0.4) is 0 Å². The van der Waals surface area contributed by atoms with Crippen molar-refractivity contribution in [1.29, 1.82) is 0 Å². The first-order chi connectivity index (χ1) is 17.9. The molecule has 200 valence electrons. The Bertz CT molecular complexity index is 1710. The number of hydrogen-bond donors (Lipinski definition) is 0. The molecule has 3 aromatic rings. The van der Waals surface area contributed by atoms with Gasteiger partial charge in [0.25, 0.3) is 5.69 Å². The SMILES string of the molecule is CCn1ncc(C(=O)c2ccc3c(c2C)/C(=N/OC)CCS3(=O)=O)c1OS(=O)(=O)c1ccccc1[N+](=O)[O-]. The highest BCUT2D eigenvalue weighted by atomic mass is 32.2. The average Bonchev–Trinajstić information content (AvgIpc) is 3.27. The summed E-state index contributed by atoms with van der Waals surface area (Å²) in [5.74, 6) is -1.30. The van der Waals surface area contributed by atoms with Crippen molar-refractivity contribution in [1.82, 2.24) is 9.78 Å². The van der Waals surface area contributed by atoms with E-state index < -0.39 is 47.1 Å². The fourth-order valence-corrected chi connectivity index (χ4v) is 6.83. The quantitative estimate of drug-likeness (QED) is 0.172. The molecule has 0 radical (unpaired) electrons. The van der Waals surface area contributed by atoms with Crippen LogP contribution in [0.15, 0.2) is 57.5 Å². The van der Waals surface area contributed by atoms with Gasteiger partial charge in [0.05, 0.1) is 27.5 Å². The van der Waals surface area contributed by atoms with E-state index in [0.29, 0.717) is 11.3 Å². The summed E-state index contributed by atoms with van der Waals surface area (Å²) >= 11 is 0. The van der Waals surface area contributed by atoms with Crippen LogP contribution in [0.25, 0.3) is 0 Å². The Balaban J connectivity index is 1.84. The van der Waals surface area contributed by atoms with Gasteiger partial charge < -0.3 is 9.02 Å². The third-order valence-corrected chi connectivity index (χ3v) is 8.97. The molecular formula is C23H22N4O9S2. The summed E-state index contributed by atoms with van der Waals surface area (Å²) in [5.41, 5.74) is 0.0168. The van der Waals surface area contributed by atoms with Gasteiger partial charge in [-0.05, 0) is 37.6 Å². The number of rotatable bonds is 8. The van der Waals surface area contributed by atoms with E-state index in [2.05, 4.69) is 10.3 Å². The van der Waals surface area contributed by atoms with Crippen molar-refractivity contribution >= 4 is 37.1 Å². The van der Waals surface area contributed by atoms with E-state index in [0.717, 1.165) is 23.0 Å². The van der Waals surface area contributed by atoms with Crippen LogP contribution in [-0.4, -0.2) is 55.9 Å². The number of carbonyl (C=O) groups is 1. The molecule has 0 bridgehead atoms. The number of nitro groups is 1. The molecule has 2 heterocycles. The first-order valence-corrected chi connectivity index (χ1v) is 14.2. The van der Waals surface area contributed by atoms with E-state index in [9.17, 15) is 31.7 Å². The summed E-state index contributed by atoms with van der Waals surface area (Å²) in [7, 11) is -7.06. The van der Waals surface area contributed by atoms with Gasteiger partial charge in [-0.25, -0.2) is 13.1 Å². The first-order valence-electron chi connectivity index (χ1n) is 11.2. The molecule has 1 aliphatic rings. The average molecular weight is 563 g/mol. The van der Waals surface area contributed by atoms with Crippen LogP contribution in [0.4, 0.5) is 5.69 Å². The number of ketones is 1. The van der Waals surface area contributed by atoms with E-state index in [1.54, 1.807) is 13.8 Å². The second-order valence-corrected chi connectivity index (χ2v) is 11.8. The molecule has 0 saturated heterocycles. The van der Waals surface area contributed by atoms with Gasteiger partial charge in [-0.15, -0.1) is 0 Å². The zero-order valence-corrected chi connectivity index (χ0v) is 22.1. The van der Waals surface area contributed by atoms with Crippen LogP contribution in [0.1, 0.15) is 40.4 Å². The Morgan fingerprint density at radius 2 is 1.92 bits per heavy atom. The summed E-state index contributed by atoms with van der Waals surface area (Å²) in [5, 5.41) is 19.3. The zero-order valence-electron chi connectivity index (χ0n) is 20.4. The number of carbonyl (C=O) groups excluding carboxylic acids is 1. The van der Waals surface area contributed by atoms with Gasteiger partial charge in [-0.3, -0.25) is 14.9 Å². The van der Waals surface area contributed by atoms with Crippen molar-refractivity contribution < 1.29 is 35.6 Å². The largest absolute Gasteiger partial charge is 0.399 e. The van der Waals surface area contributed by atoms with Crippen molar-refractivity contribution in [3.05, 3.63) is 75.0 Å². The predicted molar refractivity (Wildman–Crippen MR) is 134 cm³/mol. The zero-order chi connectivity index (χ0) is 27.8. The molecule has 1 aliphatic heterocycles. The highest BCUT2D eigenvalue weighted by Crippen LogP contribution is 2.34. The molecule has 0 spiro atoms. The molecule has 0 N–H and O–H groups in total. The minimum atomic E-state index is -4.76. The topological polar surface area (TPSA) is 177 Å². The lowest BCUT2D eigenvalue weighted by Gasteiger charge is -2.21. The van der Waals surface area contributed by atoms with E-state index in [1.807, 2.05) is 0 Å². The molecule has 13 nitrogen and oxygen atoms in total. The molecule has 0 saturated carbocycles. The van der Waals surface area contributed by atoms with Gasteiger partial charge in [-0.2, -0.15) is 13.5 Å². The highest BCUT2D eigenvalue weighted by molar-refractivity contribution is 7.91. The maximum absolute atomic E-state index is 13.7. The summed E-state index contributed by atoms with van der Waals surface area (Å²) < 4.78 is 57.9. The standard InChI is InChI=1S/C23H22N4O9S2/c1-4-26-23(36-38(33,34)19-8-6-5-7-18(19)27(29)30)16(13-24-26)22(28)15-9-10-20-21(14(15)2)17(25-35-3)11-12-37(20,31)32/h5-10,13H,4,11-12H2,1-3H3/b25-17+. The van der Waals surface area contributed by atoms with Gasteiger partial charge in [0.15, 0.2) is 20.5 Å². The number of fused-ring (bicyclic) bond motifs is 1. The second-order valence-electron chi connectivity index (χ2n) is 8.17. The Labute approximate surface area is 217 Å². The third-order valence-electron chi connectivity index (χ3n) is 5.96. The lowest BCUT2D eigenvalue weighted by atomic mass is 9.93. The second kappa shape index (κ2) is 9.98. The molecule has 0 unspecified atom stereocenters. The molecular weight excluding hydrogens is 540 g/mol. The van der Waals surface area contributed by atoms with Gasteiger partial charge in [-0.1, -0.05) is 17.3 Å². The Kier molecular flexibility index (Phi) is 7.08. The number of aromatic nitrogens is 2. The number of aryl methyl sites for hydroxylation is 1. The lowest BCUT2D eigenvalue weighted by molar-refractivity contribution is -0.387. The molecule has 0 aliphatic carbocycles. The van der Waals surface area contributed by atoms with Crippen LogP contribution in [0.2, 0.25) is 0 Å². The Morgan fingerprint density at radius 3 is 2.58 bits per heavy atom. The molecule has 4 rings (SSSR count). The summed E-state index contributed by atoms with van der Waals surface area (Å²) in [6.07, 6.45) is 1.20. The molecule has 1 aromatic heterocycles. The van der Waals surface area contributed by atoms with Crippen LogP contribution in [-0.2, 0) is 31.3 Å². The van der Waals surface area contributed by atoms with Crippen LogP contribution in [0, 0.1) is 17.0 Å². The van der Waals surface area contributed by atoms with Crippen molar-refractivity contribution in [2.24, 2.45) is 5.16 Å². The molecule has 0 fully saturated rings. The molecule has 0 amide bonds. The fourth-order valence-electron chi connectivity index (χ4n) is 4.17. The number of hydrogen-bond acceptors (Lipinski definition) is 11. The van der Waals surface area contributed by atoms with Crippen LogP contribution < -0.4 is 4.18 Å². The van der Waals surface area contributed by atoms with E-state index in [4.69, 9.17) is 9.02 Å². The molecule has 15 heteroatoms. The fraction of sp³-hybridized carbons (Fsp3) is 0.261. The number of nitrogens with zero attached hydrogens (tertiary/aromatic N) is 4. The predicted octanol–water partition coefficient (Wildman–Crippen LogP) is 2.65. The molecule has 2 aromatic carbocycles. The third kappa shape index (κ3) is 4.65. The first kappa shape index (κ1) is 26.9. The lowest BCUT2D eigenvalue weighted by Crippen LogP contribution is -2.24. The van der Waals surface area contributed by atoms with Crippen LogP contribution in [0.5, 0.6) is 5.88 Å². The maximum Gasteiger partial charge on any atom is 0.347 e. The van der Waals surface area contributed by atoms with Gasteiger partial charge in [0.1, 0.15) is 12.7 Å². The maximum atomic E-state index is 13.7. The van der Waals surface area contributed by atoms with Crippen molar-refractivity contribution in [3.8, 4) is 5.88 Å². The highest BCUT2D eigenvalue weighted by Gasteiger charge is 2.34. The Hall–Kier alpha value is -4.11. The van der Waals surface area contributed by atoms with E-state index in [1.165, 1.54) is 31.4 Å². The van der Waals surface area contributed by atoms with Gasteiger partial charge >= 0.3 is 10.1 Å². The smallest absolute Gasteiger partial charge is 0.347 e. The van der Waals surface area contributed by atoms with Crippen molar-refractivity contribution in [2.75, 3.05) is 12.9 Å². The van der Waals surface area contributed by atoms with Crippen LogP contribution >= 0.6 is 0 Å². The molecule has 38 heavy (non-hydrogen) atoms.